The molecule has 8 heteroatoms. The summed E-state index contributed by atoms with van der Waals surface area (Å²) < 4.78 is 7.16. The summed E-state index contributed by atoms with van der Waals surface area (Å²) in [7, 11) is 1.68. The summed E-state index contributed by atoms with van der Waals surface area (Å²) >= 11 is 0. The second-order valence-electron chi connectivity index (χ2n) is 7.85. The Morgan fingerprint density at radius 2 is 2.07 bits per heavy atom. The maximum absolute atomic E-state index is 5.14. The van der Waals surface area contributed by atoms with Crippen LogP contribution in [0.1, 0.15) is 69.9 Å². The van der Waals surface area contributed by atoms with Crippen LogP contribution in [0.15, 0.2) is 4.99 Å². The smallest absolute Gasteiger partial charge is 0.191 e. The minimum Gasteiger partial charge on any atom is -0.377 e. The summed E-state index contributed by atoms with van der Waals surface area (Å²) in [5.74, 6) is 3.72. The molecule has 2 N–H and O–H groups in total. The molecule has 1 aliphatic heterocycles. The second kappa shape index (κ2) is 12.6. The molecule has 1 aliphatic carbocycles. The van der Waals surface area contributed by atoms with Gasteiger partial charge in [-0.1, -0.05) is 32.1 Å². The van der Waals surface area contributed by atoms with E-state index in [0.717, 1.165) is 56.0 Å². The number of aromatic nitrogens is 3. The summed E-state index contributed by atoms with van der Waals surface area (Å²) in [6.07, 6.45) is 11.7. The van der Waals surface area contributed by atoms with Crippen LogP contribution < -0.4 is 10.6 Å². The van der Waals surface area contributed by atoms with Crippen molar-refractivity contribution in [1.82, 2.24) is 25.4 Å². The monoisotopic (exact) mass is 504 g/mol. The lowest BCUT2D eigenvalue weighted by Gasteiger charge is -2.25. The zero-order valence-electron chi connectivity index (χ0n) is 17.5. The van der Waals surface area contributed by atoms with E-state index < -0.39 is 0 Å². The number of aryl methyl sites for hydroxylation is 1. The molecule has 2 heterocycles. The average Bonchev–Trinajstić information content (AvgIpc) is 3.08. The molecule has 1 unspecified atom stereocenters. The fraction of sp³-hybridized carbons (Fsp3) is 0.850. The minimum absolute atomic E-state index is 0. The third kappa shape index (κ3) is 7.17. The maximum Gasteiger partial charge on any atom is 0.191 e. The van der Waals surface area contributed by atoms with Crippen molar-refractivity contribution in [3.05, 3.63) is 11.6 Å². The highest BCUT2D eigenvalue weighted by Gasteiger charge is 2.22. The number of methoxy groups -OCH3 is 1. The van der Waals surface area contributed by atoms with Crippen molar-refractivity contribution in [2.75, 3.05) is 20.2 Å². The van der Waals surface area contributed by atoms with Gasteiger partial charge in [0, 0.05) is 32.7 Å². The predicted molar refractivity (Wildman–Crippen MR) is 123 cm³/mol. The van der Waals surface area contributed by atoms with Gasteiger partial charge in [0.2, 0.25) is 0 Å². The Balaban J connectivity index is 0.00000280. The Hall–Kier alpha value is -0.900. The van der Waals surface area contributed by atoms with Crippen LogP contribution in [-0.4, -0.2) is 47.0 Å². The van der Waals surface area contributed by atoms with Gasteiger partial charge in [-0.3, -0.25) is 4.99 Å². The summed E-state index contributed by atoms with van der Waals surface area (Å²) in [5, 5.41) is 11.5. The molecule has 1 aromatic heterocycles. The van der Waals surface area contributed by atoms with E-state index in [1.165, 1.54) is 44.9 Å². The minimum atomic E-state index is 0. The van der Waals surface area contributed by atoms with Gasteiger partial charge >= 0.3 is 0 Å². The molecule has 0 bridgehead atoms. The molecule has 2 aliphatic rings. The van der Waals surface area contributed by atoms with Gasteiger partial charge in [0.05, 0.1) is 6.54 Å². The number of hydrogen-bond donors (Lipinski definition) is 2. The van der Waals surface area contributed by atoms with Crippen LogP contribution >= 0.6 is 24.0 Å². The highest BCUT2D eigenvalue weighted by molar-refractivity contribution is 14.0. The summed E-state index contributed by atoms with van der Waals surface area (Å²) in [6.45, 7) is 5.22. The van der Waals surface area contributed by atoms with E-state index in [-0.39, 0.29) is 24.0 Å². The van der Waals surface area contributed by atoms with Crippen molar-refractivity contribution in [1.29, 1.82) is 0 Å². The van der Waals surface area contributed by atoms with Crippen LogP contribution in [0.3, 0.4) is 0 Å². The Morgan fingerprint density at radius 1 is 1.25 bits per heavy atom. The normalized spacial score (nSPS) is 20.4. The van der Waals surface area contributed by atoms with Crippen LogP contribution in [0.25, 0.3) is 0 Å². The standard InChI is InChI=1S/C20H36N6O.HI/c1-3-21-20(22-13-7-10-16-8-5-4-6-9-16)23-17-11-12-19-24-18(15-27-2)25-26(19)14-17;/h16-17H,3-15H2,1-2H3,(H2,21,22,23);1H. The molecular weight excluding hydrogens is 467 g/mol. The fourth-order valence-corrected chi connectivity index (χ4v) is 4.23. The maximum atomic E-state index is 5.14. The zero-order chi connectivity index (χ0) is 18.9. The Labute approximate surface area is 186 Å². The van der Waals surface area contributed by atoms with Crippen molar-refractivity contribution in [2.24, 2.45) is 10.9 Å². The lowest BCUT2D eigenvalue weighted by atomic mass is 9.86. The first-order valence-corrected chi connectivity index (χ1v) is 10.7. The molecule has 0 radical (unpaired) electrons. The third-order valence-electron chi connectivity index (χ3n) is 5.63. The van der Waals surface area contributed by atoms with Crippen LogP contribution in [0.2, 0.25) is 0 Å². The lowest BCUT2D eigenvalue weighted by Crippen LogP contribution is -2.47. The summed E-state index contributed by atoms with van der Waals surface area (Å²) in [4.78, 5) is 9.36. The first kappa shape index (κ1) is 23.4. The Bertz CT molecular complexity index is 600. The van der Waals surface area contributed by atoms with Gasteiger partial charge in [-0.05, 0) is 32.1 Å². The van der Waals surface area contributed by atoms with Crippen LogP contribution in [0.4, 0.5) is 0 Å². The van der Waals surface area contributed by atoms with Crippen molar-refractivity contribution >= 4 is 29.9 Å². The SMILES string of the molecule is CCNC(=NCCCC1CCCCC1)NC1CCc2nc(COC)nn2C1.I. The molecule has 0 saturated heterocycles. The third-order valence-corrected chi connectivity index (χ3v) is 5.63. The molecule has 0 amide bonds. The number of fused-ring (bicyclic) bond motifs is 1. The number of guanidine groups is 1. The van der Waals surface area contributed by atoms with Gasteiger partial charge in [-0.2, -0.15) is 5.10 Å². The van der Waals surface area contributed by atoms with E-state index in [0.29, 0.717) is 12.6 Å². The van der Waals surface area contributed by atoms with Gasteiger partial charge in [0.15, 0.2) is 11.8 Å². The summed E-state index contributed by atoms with van der Waals surface area (Å²) in [5.41, 5.74) is 0. The van der Waals surface area contributed by atoms with Gasteiger partial charge in [0.1, 0.15) is 12.4 Å². The molecule has 0 aromatic carbocycles. The Kier molecular flexibility index (Phi) is 10.5. The zero-order valence-corrected chi connectivity index (χ0v) is 19.8. The van der Waals surface area contributed by atoms with Crippen LogP contribution in [-0.2, 0) is 24.3 Å². The van der Waals surface area contributed by atoms with Crippen molar-refractivity contribution in [3.63, 3.8) is 0 Å². The number of halogens is 1. The molecule has 7 nitrogen and oxygen atoms in total. The van der Waals surface area contributed by atoms with Gasteiger partial charge in [-0.15, -0.1) is 24.0 Å². The van der Waals surface area contributed by atoms with E-state index in [1.54, 1.807) is 7.11 Å². The molecule has 1 atom stereocenters. The van der Waals surface area contributed by atoms with Crippen molar-refractivity contribution < 1.29 is 4.74 Å². The highest BCUT2D eigenvalue weighted by atomic mass is 127. The number of aliphatic imine (C=N–C) groups is 1. The van der Waals surface area contributed by atoms with Crippen LogP contribution in [0, 0.1) is 5.92 Å². The lowest BCUT2D eigenvalue weighted by molar-refractivity contribution is 0.177. The van der Waals surface area contributed by atoms with Gasteiger partial charge < -0.3 is 15.4 Å². The van der Waals surface area contributed by atoms with E-state index in [4.69, 9.17) is 9.73 Å². The van der Waals surface area contributed by atoms with Crippen molar-refractivity contribution in [2.45, 2.75) is 83.9 Å². The predicted octanol–water partition coefficient (Wildman–Crippen LogP) is 3.27. The average molecular weight is 504 g/mol. The molecule has 0 spiro atoms. The first-order valence-electron chi connectivity index (χ1n) is 10.7. The molecule has 1 saturated carbocycles. The van der Waals surface area contributed by atoms with Crippen LogP contribution in [0.5, 0.6) is 0 Å². The van der Waals surface area contributed by atoms with E-state index in [1.807, 2.05) is 4.68 Å². The van der Waals surface area contributed by atoms with Crippen molar-refractivity contribution in [3.8, 4) is 0 Å². The molecule has 1 fully saturated rings. The number of nitrogens with one attached hydrogen (secondary N) is 2. The summed E-state index contributed by atoms with van der Waals surface area (Å²) in [6, 6.07) is 0.339. The molecule has 1 aromatic rings. The number of ether oxygens (including phenoxy) is 1. The molecular formula is C20H37IN6O. The largest absolute Gasteiger partial charge is 0.377 e. The first-order chi connectivity index (χ1) is 13.3. The molecule has 28 heavy (non-hydrogen) atoms. The topological polar surface area (TPSA) is 76.4 Å². The molecule has 160 valence electrons. The Morgan fingerprint density at radius 3 is 2.82 bits per heavy atom. The van der Waals surface area contributed by atoms with Gasteiger partial charge in [0.25, 0.3) is 0 Å². The second-order valence-corrected chi connectivity index (χ2v) is 7.85. The number of rotatable bonds is 8. The fourth-order valence-electron chi connectivity index (χ4n) is 4.23. The highest BCUT2D eigenvalue weighted by Crippen LogP contribution is 2.27. The number of hydrogen-bond acceptors (Lipinski definition) is 4. The van der Waals surface area contributed by atoms with E-state index in [9.17, 15) is 0 Å². The van der Waals surface area contributed by atoms with E-state index >= 15 is 0 Å². The number of nitrogens with zero attached hydrogens (tertiary/aromatic N) is 4. The van der Waals surface area contributed by atoms with Gasteiger partial charge in [-0.25, -0.2) is 9.67 Å². The van der Waals surface area contributed by atoms with E-state index in [2.05, 4.69) is 27.6 Å². The molecule has 3 rings (SSSR count). The quantitative estimate of drug-likeness (QED) is 0.246.